The van der Waals surface area contributed by atoms with Gasteiger partial charge in [-0.15, -0.1) is 0 Å². The summed E-state index contributed by atoms with van der Waals surface area (Å²) in [6, 6.07) is 15.2. The molecule has 2 aromatic carbocycles. The maximum atomic E-state index is 12.0. The number of benzene rings is 2. The Balaban J connectivity index is 1.56. The lowest BCUT2D eigenvalue weighted by Gasteiger charge is -2.15. The molecule has 2 aromatic rings. The molecule has 0 radical (unpaired) electrons. The van der Waals surface area contributed by atoms with Crippen LogP contribution in [-0.4, -0.2) is 17.1 Å². The van der Waals surface area contributed by atoms with Crippen molar-refractivity contribution in [1.82, 2.24) is 10.6 Å². The highest BCUT2D eigenvalue weighted by Crippen LogP contribution is 2.25. The van der Waals surface area contributed by atoms with E-state index in [1.54, 1.807) is 12.1 Å². The predicted molar refractivity (Wildman–Crippen MR) is 92.3 cm³/mol. The third kappa shape index (κ3) is 3.46. The number of hydrogen-bond acceptors (Lipinski definition) is 2. The van der Waals surface area contributed by atoms with Gasteiger partial charge in [-0.3, -0.25) is 10.1 Å². The van der Waals surface area contributed by atoms with Gasteiger partial charge in [-0.25, -0.2) is 0 Å². The van der Waals surface area contributed by atoms with E-state index in [4.69, 9.17) is 23.8 Å². The Bertz CT molecular complexity index is 718. The molecule has 0 bridgehead atoms. The minimum Gasteiger partial charge on any atom is -0.359 e. The summed E-state index contributed by atoms with van der Waals surface area (Å²) in [5, 5.41) is 7.03. The van der Waals surface area contributed by atoms with Crippen molar-refractivity contribution < 1.29 is 4.79 Å². The minimum absolute atomic E-state index is 0.192. The number of carbonyl (C=O) groups excluding carboxylic acids is 1. The lowest BCUT2D eigenvalue weighted by molar-refractivity contribution is 0.0976. The lowest BCUT2D eigenvalue weighted by atomic mass is 10.1. The van der Waals surface area contributed by atoms with Gasteiger partial charge in [-0.1, -0.05) is 35.9 Å². The van der Waals surface area contributed by atoms with Crippen LogP contribution >= 0.6 is 23.8 Å². The summed E-state index contributed by atoms with van der Waals surface area (Å²) in [5.41, 5.74) is 3.11. The van der Waals surface area contributed by atoms with Gasteiger partial charge in [0.25, 0.3) is 5.91 Å². The molecule has 1 aliphatic carbocycles. The smallest absolute Gasteiger partial charge is 0.257 e. The fourth-order valence-corrected chi connectivity index (χ4v) is 3.13. The second-order valence-electron chi connectivity index (χ2n) is 5.31. The second-order valence-corrected chi connectivity index (χ2v) is 6.16. The number of amides is 1. The van der Waals surface area contributed by atoms with Gasteiger partial charge in [0.15, 0.2) is 5.11 Å². The first-order valence-corrected chi connectivity index (χ1v) is 7.84. The largest absolute Gasteiger partial charge is 0.359 e. The molecule has 0 saturated heterocycles. The van der Waals surface area contributed by atoms with E-state index in [9.17, 15) is 4.79 Å². The van der Waals surface area contributed by atoms with Gasteiger partial charge in [0, 0.05) is 16.6 Å². The molecule has 1 aliphatic rings. The molecule has 1 atom stereocenters. The molecule has 0 saturated carbocycles. The number of thiocarbonyl (C=S) groups is 1. The van der Waals surface area contributed by atoms with E-state index in [1.807, 2.05) is 36.4 Å². The van der Waals surface area contributed by atoms with E-state index in [0.29, 0.717) is 10.7 Å². The van der Waals surface area contributed by atoms with Gasteiger partial charge in [0.1, 0.15) is 0 Å². The maximum absolute atomic E-state index is 12.0. The Morgan fingerprint density at radius 1 is 1.09 bits per heavy atom. The van der Waals surface area contributed by atoms with E-state index in [2.05, 4.69) is 10.6 Å². The van der Waals surface area contributed by atoms with Crippen molar-refractivity contribution >= 4 is 34.8 Å². The number of carbonyl (C=O) groups is 1. The summed E-state index contributed by atoms with van der Waals surface area (Å²) < 4.78 is 0. The van der Waals surface area contributed by atoms with Crippen LogP contribution in [0.1, 0.15) is 21.5 Å². The van der Waals surface area contributed by atoms with Crippen molar-refractivity contribution in [2.75, 3.05) is 0 Å². The molecule has 0 aromatic heterocycles. The Hall–Kier alpha value is -1.91. The van der Waals surface area contributed by atoms with Crippen LogP contribution in [0.15, 0.2) is 48.5 Å². The highest BCUT2D eigenvalue weighted by Gasteiger charge is 2.22. The summed E-state index contributed by atoms with van der Waals surface area (Å²) in [6.07, 6.45) is 1.74. The van der Waals surface area contributed by atoms with E-state index >= 15 is 0 Å². The van der Waals surface area contributed by atoms with Crippen molar-refractivity contribution in [3.05, 3.63) is 70.2 Å². The minimum atomic E-state index is -0.198. The standard InChI is InChI=1S/C17H15ClN2OS/c18-14-7-6-12-9-15(10-13(12)8-14)19-17(22)20-16(21)11-4-2-1-3-5-11/h1-8,15H,9-10H2,(H2,19,20,21,22). The van der Waals surface area contributed by atoms with Crippen molar-refractivity contribution in [2.45, 2.75) is 18.9 Å². The van der Waals surface area contributed by atoms with Gasteiger partial charge in [0.2, 0.25) is 0 Å². The molecule has 0 heterocycles. The van der Waals surface area contributed by atoms with E-state index in [-0.39, 0.29) is 11.9 Å². The molecule has 3 nitrogen and oxygen atoms in total. The number of fused-ring (bicyclic) bond motifs is 1. The number of rotatable bonds is 2. The second kappa shape index (κ2) is 6.46. The van der Waals surface area contributed by atoms with Crippen LogP contribution in [0.25, 0.3) is 0 Å². The van der Waals surface area contributed by atoms with Gasteiger partial charge in [0.05, 0.1) is 0 Å². The zero-order valence-electron chi connectivity index (χ0n) is 11.8. The van der Waals surface area contributed by atoms with Crippen LogP contribution in [0.5, 0.6) is 0 Å². The van der Waals surface area contributed by atoms with Crippen LogP contribution in [0.4, 0.5) is 0 Å². The monoisotopic (exact) mass is 330 g/mol. The summed E-state index contributed by atoms with van der Waals surface area (Å²) >= 11 is 11.2. The van der Waals surface area contributed by atoms with Gasteiger partial charge < -0.3 is 5.32 Å². The first kappa shape index (κ1) is 15.0. The van der Waals surface area contributed by atoms with Crippen LogP contribution in [0, 0.1) is 0 Å². The van der Waals surface area contributed by atoms with Crippen molar-refractivity contribution in [2.24, 2.45) is 0 Å². The van der Waals surface area contributed by atoms with E-state index in [0.717, 1.165) is 17.9 Å². The molecule has 22 heavy (non-hydrogen) atoms. The molecule has 112 valence electrons. The van der Waals surface area contributed by atoms with Crippen molar-refractivity contribution in [3.8, 4) is 0 Å². The molecule has 0 fully saturated rings. The van der Waals surface area contributed by atoms with Crippen molar-refractivity contribution in [1.29, 1.82) is 0 Å². The highest BCUT2D eigenvalue weighted by atomic mass is 35.5. The Labute approximate surface area is 139 Å². The van der Waals surface area contributed by atoms with Crippen LogP contribution in [-0.2, 0) is 12.8 Å². The Morgan fingerprint density at radius 3 is 2.59 bits per heavy atom. The lowest BCUT2D eigenvalue weighted by Crippen LogP contribution is -2.44. The van der Waals surface area contributed by atoms with Crippen LogP contribution < -0.4 is 10.6 Å². The van der Waals surface area contributed by atoms with Crippen molar-refractivity contribution in [3.63, 3.8) is 0 Å². The topological polar surface area (TPSA) is 41.1 Å². The Morgan fingerprint density at radius 2 is 1.82 bits per heavy atom. The molecule has 1 amide bonds. The van der Waals surface area contributed by atoms with Gasteiger partial charge in [-0.2, -0.15) is 0 Å². The highest BCUT2D eigenvalue weighted by molar-refractivity contribution is 7.80. The van der Waals surface area contributed by atoms with E-state index in [1.165, 1.54) is 11.1 Å². The third-order valence-electron chi connectivity index (χ3n) is 3.70. The first-order valence-electron chi connectivity index (χ1n) is 7.06. The fraction of sp³-hybridized carbons (Fsp3) is 0.176. The van der Waals surface area contributed by atoms with Gasteiger partial charge in [-0.05, 0) is 60.5 Å². The molecule has 3 rings (SSSR count). The zero-order chi connectivity index (χ0) is 15.5. The average molecular weight is 331 g/mol. The molecule has 1 unspecified atom stereocenters. The van der Waals surface area contributed by atoms with E-state index < -0.39 is 0 Å². The number of nitrogens with one attached hydrogen (secondary N) is 2. The molecular formula is C17H15ClN2OS. The molecule has 0 spiro atoms. The molecule has 5 heteroatoms. The molecule has 2 N–H and O–H groups in total. The first-order chi connectivity index (χ1) is 10.6. The summed E-state index contributed by atoms with van der Waals surface area (Å²) in [5.74, 6) is -0.198. The fourth-order valence-electron chi connectivity index (χ4n) is 2.68. The zero-order valence-corrected chi connectivity index (χ0v) is 13.4. The summed E-state index contributed by atoms with van der Waals surface area (Å²) in [6.45, 7) is 0. The number of halogens is 1. The quantitative estimate of drug-likeness (QED) is 0.831. The summed E-state index contributed by atoms with van der Waals surface area (Å²) in [7, 11) is 0. The normalized spacial score (nSPS) is 16.0. The van der Waals surface area contributed by atoms with Crippen LogP contribution in [0.3, 0.4) is 0 Å². The predicted octanol–water partition coefficient (Wildman–Crippen LogP) is 3.11. The molecule has 0 aliphatic heterocycles. The maximum Gasteiger partial charge on any atom is 0.257 e. The average Bonchev–Trinajstić information content (AvgIpc) is 2.89. The third-order valence-corrected chi connectivity index (χ3v) is 4.15. The SMILES string of the molecule is O=C(NC(=S)NC1Cc2ccc(Cl)cc2C1)c1ccccc1. The van der Waals surface area contributed by atoms with Crippen LogP contribution in [0.2, 0.25) is 5.02 Å². The summed E-state index contributed by atoms with van der Waals surface area (Å²) in [4.78, 5) is 12.0. The number of hydrogen-bond donors (Lipinski definition) is 2. The molecular weight excluding hydrogens is 316 g/mol. The van der Waals surface area contributed by atoms with Gasteiger partial charge >= 0.3 is 0 Å². The Kier molecular flexibility index (Phi) is 4.41.